The predicted octanol–water partition coefficient (Wildman–Crippen LogP) is 2.76. The number of nitrogens with one attached hydrogen (secondary N) is 2. The number of nitrogens with zero attached hydrogens (tertiary/aromatic N) is 1. The first-order valence-electron chi connectivity index (χ1n) is 9.37. The van der Waals surface area contributed by atoms with Gasteiger partial charge in [-0.1, -0.05) is 39.8 Å². The molecular formula is C20H29N3O4. The van der Waals surface area contributed by atoms with Crippen LogP contribution in [0, 0.1) is 11.8 Å². The van der Waals surface area contributed by atoms with Gasteiger partial charge in [-0.15, -0.1) is 0 Å². The van der Waals surface area contributed by atoms with Gasteiger partial charge in [0.2, 0.25) is 11.8 Å². The van der Waals surface area contributed by atoms with Crippen molar-refractivity contribution >= 4 is 23.6 Å². The largest absolute Gasteiger partial charge is 0.448 e. The lowest BCUT2D eigenvalue weighted by atomic mass is 10.0. The van der Waals surface area contributed by atoms with E-state index in [9.17, 15) is 14.4 Å². The van der Waals surface area contributed by atoms with Crippen molar-refractivity contribution in [3.63, 3.8) is 0 Å². The van der Waals surface area contributed by atoms with Crippen LogP contribution in [0.1, 0.15) is 39.7 Å². The van der Waals surface area contributed by atoms with Gasteiger partial charge in [0.25, 0.3) is 0 Å². The molecule has 1 fully saturated rings. The lowest BCUT2D eigenvalue weighted by Crippen LogP contribution is -2.47. The average molecular weight is 375 g/mol. The lowest BCUT2D eigenvalue weighted by molar-refractivity contribution is -0.127. The zero-order valence-corrected chi connectivity index (χ0v) is 16.5. The average Bonchev–Trinajstić information content (AvgIpc) is 2.97. The van der Waals surface area contributed by atoms with Crippen molar-refractivity contribution in [2.45, 2.75) is 46.7 Å². The number of hydrogen-bond acceptors (Lipinski definition) is 4. The highest BCUT2D eigenvalue weighted by Crippen LogP contribution is 2.16. The van der Waals surface area contributed by atoms with Crippen LogP contribution in [0.2, 0.25) is 0 Å². The summed E-state index contributed by atoms with van der Waals surface area (Å²) in [6.45, 7) is 9.12. The Hall–Kier alpha value is -2.57. The third-order valence-electron chi connectivity index (χ3n) is 4.27. The molecule has 1 heterocycles. The summed E-state index contributed by atoms with van der Waals surface area (Å²) in [6.07, 6.45) is 0.0648. The maximum absolute atomic E-state index is 12.7. The fourth-order valence-electron chi connectivity index (χ4n) is 2.90. The zero-order chi connectivity index (χ0) is 20.0. The minimum absolute atomic E-state index is 0.0383. The van der Waals surface area contributed by atoms with Crippen LogP contribution in [0.15, 0.2) is 24.3 Å². The van der Waals surface area contributed by atoms with Gasteiger partial charge in [-0.3, -0.25) is 9.59 Å². The smallest absolute Gasteiger partial charge is 0.410 e. The van der Waals surface area contributed by atoms with E-state index in [1.807, 2.05) is 45.9 Å². The zero-order valence-electron chi connectivity index (χ0n) is 16.5. The summed E-state index contributed by atoms with van der Waals surface area (Å²) in [6, 6.07) is 6.74. The molecule has 7 nitrogen and oxygen atoms in total. The molecule has 1 saturated heterocycles. The Morgan fingerprint density at radius 2 is 1.96 bits per heavy atom. The van der Waals surface area contributed by atoms with E-state index in [0.717, 1.165) is 5.56 Å². The molecule has 1 aromatic carbocycles. The van der Waals surface area contributed by atoms with E-state index in [0.29, 0.717) is 31.8 Å². The predicted molar refractivity (Wildman–Crippen MR) is 103 cm³/mol. The maximum Gasteiger partial charge on any atom is 0.410 e. The first-order chi connectivity index (χ1) is 12.8. The molecule has 0 aliphatic carbocycles. The van der Waals surface area contributed by atoms with Gasteiger partial charge in [-0.25, -0.2) is 4.79 Å². The second-order valence-corrected chi connectivity index (χ2v) is 7.61. The van der Waals surface area contributed by atoms with Gasteiger partial charge in [-0.05, 0) is 29.5 Å². The molecule has 0 aromatic heterocycles. The summed E-state index contributed by atoms with van der Waals surface area (Å²) in [5, 5.41) is 5.70. The summed E-state index contributed by atoms with van der Waals surface area (Å²) in [5.41, 5.74) is 1.53. The minimum Gasteiger partial charge on any atom is -0.448 e. The molecule has 1 aromatic rings. The van der Waals surface area contributed by atoms with E-state index in [-0.39, 0.29) is 29.7 Å². The number of hydrogen-bond donors (Lipinski definition) is 2. The van der Waals surface area contributed by atoms with E-state index in [1.54, 1.807) is 11.0 Å². The molecule has 1 aliphatic rings. The first-order valence-corrected chi connectivity index (χ1v) is 9.37. The Morgan fingerprint density at radius 1 is 1.22 bits per heavy atom. The summed E-state index contributed by atoms with van der Waals surface area (Å²) >= 11 is 0. The van der Waals surface area contributed by atoms with Crippen molar-refractivity contribution in [1.82, 2.24) is 10.2 Å². The van der Waals surface area contributed by atoms with Crippen molar-refractivity contribution in [2.75, 3.05) is 18.5 Å². The van der Waals surface area contributed by atoms with Crippen LogP contribution < -0.4 is 10.6 Å². The van der Waals surface area contributed by atoms with Crippen LogP contribution in [0.25, 0.3) is 0 Å². The van der Waals surface area contributed by atoms with Crippen LogP contribution in [0.4, 0.5) is 10.5 Å². The molecule has 2 rings (SSSR count). The molecule has 27 heavy (non-hydrogen) atoms. The third kappa shape index (κ3) is 6.27. The van der Waals surface area contributed by atoms with E-state index in [4.69, 9.17) is 4.74 Å². The number of cyclic esters (lactones) is 1. The van der Waals surface area contributed by atoms with Crippen LogP contribution in [0.3, 0.4) is 0 Å². The normalized spacial score (nSPS) is 15.0. The van der Waals surface area contributed by atoms with Gasteiger partial charge in [-0.2, -0.15) is 0 Å². The highest BCUT2D eigenvalue weighted by Gasteiger charge is 2.25. The Kier molecular flexibility index (Phi) is 7.21. The molecule has 148 valence electrons. The fourth-order valence-corrected chi connectivity index (χ4v) is 2.90. The Labute approximate surface area is 160 Å². The summed E-state index contributed by atoms with van der Waals surface area (Å²) in [5.74, 6) is -0.182. The van der Waals surface area contributed by atoms with Crippen molar-refractivity contribution in [3.05, 3.63) is 29.8 Å². The van der Waals surface area contributed by atoms with E-state index in [1.165, 1.54) is 0 Å². The first kappa shape index (κ1) is 20.7. The maximum atomic E-state index is 12.7. The van der Waals surface area contributed by atoms with Crippen molar-refractivity contribution in [2.24, 2.45) is 11.8 Å². The Morgan fingerprint density at radius 3 is 2.56 bits per heavy atom. The van der Waals surface area contributed by atoms with Crippen LogP contribution in [0.5, 0.6) is 0 Å². The summed E-state index contributed by atoms with van der Waals surface area (Å²) in [7, 11) is 0. The number of anilines is 1. The van der Waals surface area contributed by atoms with Crippen molar-refractivity contribution in [1.29, 1.82) is 0 Å². The summed E-state index contributed by atoms with van der Waals surface area (Å²) in [4.78, 5) is 37.9. The molecule has 2 N–H and O–H groups in total. The standard InChI is InChI=1S/C20H29N3O4/c1-13(2)10-17(24)22-18(14(3)4)19(25)21-16-7-5-6-15(11-16)12-23-8-9-27-20(23)26/h5-7,11,13-14,18H,8-10,12H2,1-4H3,(H,21,25)(H,22,24)/t18-/m1/s1. The SMILES string of the molecule is CC(C)CC(=O)N[C@@H](C(=O)Nc1cccc(CN2CCOC2=O)c1)C(C)C. The van der Waals surface area contributed by atoms with Gasteiger partial charge in [0.15, 0.2) is 0 Å². The number of rotatable bonds is 8. The van der Waals surface area contributed by atoms with Crippen molar-refractivity contribution < 1.29 is 19.1 Å². The molecule has 0 spiro atoms. The van der Waals surface area contributed by atoms with Gasteiger partial charge in [0.05, 0.1) is 6.54 Å². The minimum atomic E-state index is -0.603. The van der Waals surface area contributed by atoms with Gasteiger partial charge >= 0.3 is 6.09 Å². The quantitative estimate of drug-likeness (QED) is 0.731. The van der Waals surface area contributed by atoms with Gasteiger partial charge in [0.1, 0.15) is 12.6 Å². The molecule has 3 amide bonds. The van der Waals surface area contributed by atoms with Crippen LogP contribution >= 0.6 is 0 Å². The molecule has 1 atom stereocenters. The highest BCUT2D eigenvalue weighted by molar-refractivity contribution is 5.97. The highest BCUT2D eigenvalue weighted by atomic mass is 16.6. The molecule has 7 heteroatoms. The molecule has 0 saturated carbocycles. The molecule has 1 aliphatic heterocycles. The van der Waals surface area contributed by atoms with Crippen LogP contribution in [-0.4, -0.2) is 42.0 Å². The fraction of sp³-hybridized carbons (Fsp3) is 0.550. The Bertz CT molecular complexity index is 688. The van der Waals surface area contributed by atoms with E-state index >= 15 is 0 Å². The number of benzene rings is 1. The third-order valence-corrected chi connectivity index (χ3v) is 4.27. The monoisotopic (exact) mass is 375 g/mol. The van der Waals surface area contributed by atoms with E-state index in [2.05, 4.69) is 10.6 Å². The Balaban J connectivity index is 2.01. The second-order valence-electron chi connectivity index (χ2n) is 7.61. The number of carbonyl (C=O) groups excluding carboxylic acids is 3. The van der Waals surface area contributed by atoms with Gasteiger partial charge in [0, 0.05) is 18.7 Å². The van der Waals surface area contributed by atoms with Crippen LogP contribution in [-0.2, 0) is 20.9 Å². The molecular weight excluding hydrogens is 346 g/mol. The number of amides is 3. The number of ether oxygens (including phenoxy) is 1. The second kappa shape index (κ2) is 9.39. The number of carbonyl (C=O) groups is 3. The lowest BCUT2D eigenvalue weighted by Gasteiger charge is -2.22. The van der Waals surface area contributed by atoms with Crippen molar-refractivity contribution in [3.8, 4) is 0 Å². The topological polar surface area (TPSA) is 87.7 Å². The molecule has 0 bridgehead atoms. The van der Waals surface area contributed by atoms with Gasteiger partial charge < -0.3 is 20.3 Å². The molecule has 0 radical (unpaired) electrons. The molecule has 0 unspecified atom stereocenters. The van der Waals surface area contributed by atoms with E-state index < -0.39 is 6.04 Å². The summed E-state index contributed by atoms with van der Waals surface area (Å²) < 4.78 is 4.93.